The minimum atomic E-state index is -0.474. The van der Waals surface area contributed by atoms with Crippen LogP contribution in [0.25, 0.3) is 0 Å². The van der Waals surface area contributed by atoms with Crippen LogP contribution in [0.2, 0.25) is 5.02 Å². The van der Waals surface area contributed by atoms with Crippen LogP contribution < -0.4 is 10.3 Å². The monoisotopic (exact) mass is 227 g/mol. The van der Waals surface area contributed by atoms with Crippen LogP contribution in [0.15, 0.2) is 17.4 Å². The van der Waals surface area contributed by atoms with Crippen molar-refractivity contribution in [1.82, 2.24) is 24.7 Å². The Balaban J connectivity index is 2.32. The number of H-pyrrole nitrogens is 1. The molecule has 2 aromatic heterocycles. The number of nitrogens with zero attached hydrogens (tertiary/aromatic N) is 4. The van der Waals surface area contributed by atoms with Gasteiger partial charge in [-0.05, 0) is 0 Å². The van der Waals surface area contributed by atoms with Gasteiger partial charge in [0.2, 0.25) is 5.88 Å². The van der Waals surface area contributed by atoms with Crippen molar-refractivity contribution in [3.05, 3.63) is 28.0 Å². The number of ether oxygens (including phenoxy) is 1. The van der Waals surface area contributed by atoms with E-state index in [0.29, 0.717) is 0 Å². The normalized spacial score (nSPS) is 10.3. The van der Waals surface area contributed by atoms with E-state index in [1.54, 1.807) is 7.05 Å². The number of nitrogens with one attached hydrogen (secondary N) is 1. The number of aromatic nitrogens is 5. The minimum Gasteiger partial charge on any atom is -0.402 e. The summed E-state index contributed by atoms with van der Waals surface area (Å²) in [4.78, 5) is 20.9. The van der Waals surface area contributed by atoms with Crippen LogP contribution in [0.3, 0.4) is 0 Å². The van der Waals surface area contributed by atoms with Gasteiger partial charge in [-0.3, -0.25) is 9.48 Å². The van der Waals surface area contributed by atoms with E-state index in [0.717, 1.165) is 0 Å². The Labute approximate surface area is 88.7 Å². The zero-order chi connectivity index (χ0) is 10.8. The number of halogens is 1. The maximum Gasteiger partial charge on any atom is 0.342 e. The highest BCUT2D eigenvalue weighted by atomic mass is 35.5. The van der Waals surface area contributed by atoms with E-state index in [1.807, 2.05) is 0 Å². The van der Waals surface area contributed by atoms with Crippen LogP contribution in [0.5, 0.6) is 11.9 Å². The number of aromatic amines is 1. The second-order valence-corrected chi connectivity index (χ2v) is 3.03. The minimum absolute atomic E-state index is 0.0217. The molecular formula is C7H6ClN5O2. The number of aryl methyl sites for hydroxylation is 1. The summed E-state index contributed by atoms with van der Waals surface area (Å²) in [5.41, 5.74) is -0.474. The van der Waals surface area contributed by atoms with Gasteiger partial charge in [0.15, 0.2) is 5.02 Å². The van der Waals surface area contributed by atoms with Gasteiger partial charge in [0, 0.05) is 7.05 Å². The Hall–Kier alpha value is -1.89. The lowest BCUT2D eigenvalue weighted by molar-refractivity contribution is 0.421. The highest BCUT2D eigenvalue weighted by molar-refractivity contribution is 6.31. The van der Waals surface area contributed by atoms with Gasteiger partial charge in [0.05, 0.1) is 6.33 Å². The smallest absolute Gasteiger partial charge is 0.342 e. The topological polar surface area (TPSA) is 85.7 Å². The van der Waals surface area contributed by atoms with Gasteiger partial charge in [-0.25, -0.2) is 4.98 Å². The van der Waals surface area contributed by atoms with Gasteiger partial charge in [-0.1, -0.05) is 11.6 Å². The molecule has 0 aromatic carbocycles. The molecule has 0 atom stereocenters. The molecule has 0 radical (unpaired) electrons. The highest BCUT2D eigenvalue weighted by Gasteiger charge is 2.10. The summed E-state index contributed by atoms with van der Waals surface area (Å²) in [6.07, 6.45) is 2.64. The average Bonchev–Trinajstić information content (AvgIpc) is 2.59. The fourth-order valence-electron chi connectivity index (χ4n) is 0.891. The standard InChI is InChI=1S/C7H6ClN5O2/c1-13-3-11-7(12-13)15-6-4(8)5(14)9-2-10-6/h2-3H,1H3,(H,9,10,14). The van der Waals surface area contributed by atoms with Crippen LogP contribution in [0.1, 0.15) is 0 Å². The molecule has 2 rings (SSSR count). The van der Waals surface area contributed by atoms with Crippen molar-refractivity contribution in [1.29, 1.82) is 0 Å². The molecule has 0 bridgehead atoms. The maximum atomic E-state index is 11.1. The van der Waals surface area contributed by atoms with Crippen molar-refractivity contribution in [3.8, 4) is 11.9 Å². The summed E-state index contributed by atoms with van der Waals surface area (Å²) in [7, 11) is 1.69. The molecule has 0 saturated heterocycles. The first-order valence-electron chi connectivity index (χ1n) is 3.93. The molecule has 0 aliphatic carbocycles. The zero-order valence-electron chi connectivity index (χ0n) is 7.64. The van der Waals surface area contributed by atoms with Crippen molar-refractivity contribution in [2.45, 2.75) is 0 Å². The van der Waals surface area contributed by atoms with Crippen molar-refractivity contribution in [2.75, 3.05) is 0 Å². The van der Waals surface area contributed by atoms with E-state index in [2.05, 4.69) is 20.1 Å². The molecule has 0 aliphatic heterocycles. The van der Waals surface area contributed by atoms with Crippen LogP contribution in [0.4, 0.5) is 0 Å². The number of hydrogen-bond acceptors (Lipinski definition) is 5. The third kappa shape index (κ3) is 1.96. The molecule has 0 unspecified atom stereocenters. The highest BCUT2D eigenvalue weighted by Crippen LogP contribution is 2.19. The van der Waals surface area contributed by atoms with Crippen molar-refractivity contribution >= 4 is 11.6 Å². The first-order chi connectivity index (χ1) is 7.16. The predicted octanol–water partition coefficient (Wildman–Crippen LogP) is 0.344. The van der Waals surface area contributed by atoms with E-state index in [4.69, 9.17) is 16.3 Å². The van der Waals surface area contributed by atoms with Gasteiger partial charge in [0.25, 0.3) is 5.56 Å². The SMILES string of the molecule is Cn1cnc(Oc2nc[nH]c(=O)c2Cl)n1. The molecular weight excluding hydrogens is 222 g/mol. The van der Waals surface area contributed by atoms with Gasteiger partial charge in [-0.15, -0.1) is 5.10 Å². The summed E-state index contributed by atoms with van der Waals surface area (Å²) in [5, 5.41) is 3.71. The van der Waals surface area contributed by atoms with E-state index in [9.17, 15) is 4.79 Å². The summed E-state index contributed by atoms with van der Waals surface area (Å²) in [5.74, 6) is -0.0217. The molecule has 0 spiro atoms. The lowest BCUT2D eigenvalue weighted by Gasteiger charge is -1.99. The largest absolute Gasteiger partial charge is 0.402 e. The molecule has 0 amide bonds. The molecule has 0 saturated carbocycles. The third-order valence-electron chi connectivity index (χ3n) is 1.53. The molecule has 78 valence electrons. The molecule has 0 aliphatic rings. The fraction of sp³-hybridized carbons (Fsp3) is 0.143. The molecule has 1 N–H and O–H groups in total. The van der Waals surface area contributed by atoms with Gasteiger partial charge >= 0.3 is 6.01 Å². The van der Waals surface area contributed by atoms with E-state index in [1.165, 1.54) is 17.3 Å². The van der Waals surface area contributed by atoms with Crippen molar-refractivity contribution in [2.24, 2.45) is 7.05 Å². The molecule has 15 heavy (non-hydrogen) atoms. The van der Waals surface area contributed by atoms with Crippen LogP contribution in [-0.4, -0.2) is 24.7 Å². The van der Waals surface area contributed by atoms with Crippen LogP contribution in [-0.2, 0) is 7.05 Å². The molecule has 2 aromatic rings. The van der Waals surface area contributed by atoms with Gasteiger partial charge < -0.3 is 9.72 Å². The predicted molar refractivity (Wildman–Crippen MR) is 50.9 cm³/mol. The quantitative estimate of drug-likeness (QED) is 0.800. The Morgan fingerprint density at radius 3 is 3.00 bits per heavy atom. The van der Waals surface area contributed by atoms with Gasteiger partial charge in [-0.2, -0.15) is 4.98 Å². The molecule has 8 heteroatoms. The molecule has 7 nitrogen and oxygen atoms in total. The number of rotatable bonds is 2. The van der Waals surface area contributed by atoms with Crippen LogP contribution in [0, 0.1) is 0 Å². The Bertz CT molecular complexity index is 534. The third-order valence-corrected chi connectivity index (χ3v) is 1.86. The van der Waals surface area contributed by atoms with E-state index in [-0.39, 0.29) is 16.9 Å². The fourth-order valence-corrected chi connectivity index (χ4v) is 1.03. The maximum absolute atomic E-state index is 11.1. The summed E-state index contributed by atoms with van der Waals surface area (Å²) in [6, 6.07) is 0.0810. The lowest BCUT2D eigenvalue weighted by Crippen LogP contribution is -2.08. The summed E-state index contributed by atoms with van der Waals surface area (Å²) in [6.45, 7) is 0. The Kier molecular flexibility index (Phi) is 2.38. The molecule has 0 fully saturated rings. The average molecular weight is 228 g/mol. The van der Waals surface area contributed by atoms with E-state index < -0.39 is 5.56 Å². The second-order valence-electron chi connectivity index (χ2n) is 2.65. The van der Waals surface area contributed by atoms with Crippen molar-refractivity contribution < 1.29 is 4.74 Å². The first kappa shape index (κ1) is 9.66. The van der Waals surface area contributed by atoms with Gasteiger partial charge in [0.1, 0.15) is 6.33 Å². The Morgan fingerprint density at radius 1 is 1.53 bits per heavy atom. The van der Waals surface area contributed by atoms with Crippen molar-refractivity contribution in [3.63, 3.8) is 0 Å². The summed E-state index contributed by atoms with van der Waals surface area (Å²) < 4.78 is 6.56. The van der Waals surface area contributed by atoms with E-state index >= 15 is 0 Å². The first-order valence-corrected chi connectivity index (χ1v) is 4.31. The number of hydrogen-bond donors (Lipinski definition) is 1. The second kappa shape index (κ2) is 3.70. The summed E-state index contributed by atoms with van der Waals surface area (Å²) >= 11 is 5.66. The molecule has 2 heterocycles. The van der Waals surface area contributed by atoms with Crippen LogP contribution >= 0.6 is 11.6 Å². The lowest BCUT2D eigenvalue weighted by atomic mass is 10.6. The Morgan fingerprint density at radius 2 is 2.33 bits per heavy atom. The zero-order valence-corrected chi connectivity index (χ0v) is 8.39.